The maximum atomic E-state index is 12.5. The van der Waals surface area contributed by atoms with Crippen LogP contribution in [-0.2, 0) is 4.79 Å². The molecule has 1 unspecified atom stereocenters. The van der Waals surface area contributed by atoms with E-state index in [-0.39, 0.29) is 0 Å². The number of carbonyl (C=O) groups is 1. The van der Waals surface area contributed by atoms with Gasteiger partial charge in [-0.15, -0.1) is 0 Å². The zero-order chi connectivity index (χ0) is 14.4. The first-order valence-corrected chi connectivity index (χ1v) is 8.75. The third-order valence-corrected chi connectivity index (χ3v) is 5.33. The van der Waals surface area contributed by atoms with Crippen LogP contribution >= 0.6 is 0 Å². The molecule has 1 heterocycles. The van der Waals surface area contributed by atoms with Gasteiger partial charge >= 0.3 is 0 Å². The molecule has 1 amide bonds. The van der Waals surface area contributed by atoms with Crippen molar-refractivity contribution < 1.29 is 4.79 Å². The van der Waals surface area contributed by atoms with Crippen molar-refractivity contribution in [3.8, 4) is 0 Å². The van der Waals surface area contributed by atoms with E-state index >= 15 is 0 Å². The quantitative estimate of drug-likeness (QED) is 0.857. The van der Waals surface area contributed by atoms with E-state index < -0.39 is 0 Å². The van der Waals surface area contributed by atoms with Crippen molar-refractivity contribution in [1.82, 2.24) is 4.90 Å². The molecule has 1 atom stereocenters. The molecule has 1 saturated heterocycles. The first kappa shape index (κ1) is 15.8. The molecule has 2 N–H and O–H groups in total. The van der Waals surface area contributed by atoms with Crippen LogP contribution in [0.25, 0.3) is 0 Å². The number of hydrogen-bond acceptors (Lipinski definition) is 2. The standard InChI is InChI=1S/C17H32N2O/c1-2-16-6-4-3-5-13-19(16)17(20)12-9-14-7-10-15(18)11-8-14/h14-16H,2-13,18H2,1H3. The predicted octanol–water partition coefficient (Wildman–Crippen LogP) is 3.47. The molecule has 20 heavy (non-hydrogen) atoms. The van der Waals surface area contributed by atoms with Gasteiger partial charge in [-0.05, 0) is 57.3 Å². The van der Waals surface area contributed by atoms with E-state index in [9.17, 15) is 4.79 Å². The monoisotopic (exact) mass is 280 g/mol. The maximum Gasteiger partial charge on any atom is 0.222 e. The average Bonchev–Trinajstić information content (AvgIpc) is 2.71. The van der Waals surface area contributed by atoms with Gasteiger partial charge in [0, 0.05) is 25.0 Å². The maximum absolute atomic E-state index is 12.5. The highest BCUT2D eigenvalue weighted by Gasteiger charge is 2.25. The number of carbonyl (C=O) groups excluding carboxylic acids is 1. The molecular weight excluding hydrogens is 248 g/mol. The lowest BCUT2D eigenvalue weighted by Crippen LogP contribution is -2.39. The van der Waals surface area contributed by atoms with Gasteiger partial charge in [0.05, 0.1) is 0 Å². The van der Waals surface area contributed by atoms with Crippen LogP contribution < -0.4 is 5.73 Å². The van der Waals surface area contributed by atoms with Gasteiger partial charge in [0.2, 0.25) is 5.91 Å². The molecule has 0 bridgehead atoms. The third-order valence-electron chi connectivity index (χ3n) is 5.33. The number of nitrogens with two attached hydrogens (primary N) is 1. The van der Waals surface area contributed by atoms with E-state index in [2.05, 4.69) is 11.8 Å². The zero-order valence-corrected chi connectivity index (χ0v) is 13.2. The van der Waals surface area contributed by atoms with Crippen LogP contribution in [0, 0.1) is 5.92 Å². The van der Waals surface area contributed by atoms with Crippen molar-refractivity contribution in [3.05, 3.63) is 0 Å². The van der Waals surface area contributed by atoms with Crippen molar-refractivity contribution in [2.75, 3.05) is 6.54 Å². The van der Waals surface area contributed by atoms with Crippen LogP contribution in [-0.4, -0.2) is 29.4 Å². The number of nitrogens with zero attached hydrogens (tertiary/aromatic N) is 1. The first-order valence-electron chi connectivity index (χ1n) is 8.75. The van der Waals surface area contributed by atoms with E-state index in [1.54, 1.807) is 0 Å². The Morgan fingerprint density at radius 3 is 2.55 bits per heavy atom. The minimum absolute atomic E-state index is 0.411. The fourth-order valence-corrected chi connectivity index (χ4v) is 3.88. The van der Waals surface area contributed by atoms with Crippen LogP contribution in [0.2, 0.25) is 0 Å². The molecule has 2 aliphatic rings. The van der Waals surface area contributed by atoms with Gasteiger partial charge in [0.1, 0.15) is 0 Å². The Morgan fingerprint density at radius 1 is 1.10 bits per heavy atom. The molecule has 2 fully saturated rings. The number of amides is 1. The van der Waals surface area contributed by atoms with E-state index in [1.807, 2.05) is 0 Å². The normalized spacial score (nSPS) is 31.9. The lowest BCUT2D eigenvalue weighted by atomic mass is 9.83. The van der Waals surface area contributed by atoms with Gasteiger partial charge in [-0.3, -0.25) is 4.79 Å². The molecule has 3 heteroatoms. The average molecular weight is 280 g/mol. The summed E-state index contributed by atoms with van der Waals surface area (Å²) >= 11 is 0. The molecule has 0 aromatic carbocycles. The Bertz CT molecular complexity index is 297. The smallest absolute Gasteiger partial charge is 0.222 e. The molecular formula is C17H32N2O. The zero-order valence-electron chi connectivity index (χ0n) is 13.2. The lowest BCUT2D eigenvalue weighted by Gasteiger charge is -2.31. The summed E-state index contributed by atoms with van der Waals surface area (Å²) in [4.78, 5) is 14.7. The molecule has 1 aliphatic carbocycles. The molecule has 1 saturated carbocycles. The van der Waals surface area contributed by atoms with Gasteiger partial charge in [-0.25, -0.2) is 0 Å². The summed E-state index contributed by atoms with van der Waals surface area (Å²) in [7, 11) is 0. The second kappa shape index (κ2) is 8.02. The summed E-state index contributed by atoms with van der Waals surface area (Å²) in [5.74, 6) is 1.15. The Labute approximate surface area is 124 Å². The van der Waals surface area contributed by atoms with Gasteiger partial charge in [-0.1, -0.05) is 19.8 Å². The molecule has 2 rings (SSSR count). The molecule has 0 spiro atoms. The lowest BCUT2D eigenvalue weighted by molar-refractivity contribution is -0.133. The number of likely N-dealkylation sites (tertiary alicyclic amines) is 1. The highest BCUT2D eigenvalue weighted by molar-refractivity contribution is 5.76. The summed E-state index contributed by atoms with van der Waals surface area (Å²) in [5.41, 5.74) is 5.95. The summed E-state index contributed by atoms with van der Waals surface area (Å²) in [6.07, 6.45) is 12.7. The molecule has 3 nitrogen and oxygen atoms in total. The van der Waals surface area contributed by atoms with Crippen molar-refractivity contribution in [3.63, 3.8) is 0 Å². The Hall–Kier alpha value is -0.570. The summed E-state index contributed by atoms with van der Waals surface area (Å²) < 4.78 is 0. The van der Waals surface area contributed by atoms with E-state index in [1.165, 1.54) is 38.5 Å². The molecule has 0 aromatic heterocycles. The Kier molecular flexibility index (Phi) is 6.34. The Balaban J connectivity index is 1.77. The Morgan fingerprint density at radius 2 is 1.85 bits per heavy atom. The molecule has 1 aliphatic heterocycles. The highest BCUT2D eigenvalue weighted by atomic mass is 16.2. The number of hydrogen-bond donors (Lipinski definition) is 1. The summed E-state index contributed by atoms with van der Waals surface area (Å²) in [6, 6.07) is 0.918. The largest absolute Gasteiger partial charge is 0.340 e. The SMILES string of the molecule is CCC1CCCCCN1C(=O)CCC1CCC(N)CC1. The molecule has 116 valence electrons. The fourth-order valence-electron chi connectivity index (χ4n) is 3.88. The van der Waals surface area contributed by atoms with E-state index in [4.69, 9.17) is 5.73 Å². The molecule has 0 aromatic rings. The van der Waals surface area contributed by atoms with Crippen molar-refractivity contribution in [2.24, 2.45) is 11.7 Å². The van der Waals surface area contributed by atoms with Crippen LogP contribution in [0.1, 0.15) is 77.6 Å². The van der Waals surface area contributed by atoms with E-state index in [0.717, 1.165) is 44.6 Å². The minimum atomic E-state index is 0.411. The first-order chi connectivity index (χ1) is 9.70. The van der Waals surface area contributed by atoms with Gasteiger partial charge in [0.25, 0.3) is 0 Å². The van der Waals surface area contributed by atoms with Crippen molar-refractivity contribution in [2.45, 2.75) is 89.6 Å². The predicted molar refractivity (Wildman–Crippen MR) is 83.4 cm³/mol. The van der Waals surface area contributed by atoms with E-state index in [0.29, 0.717) is 18.0 Å². The third kappa shape index (κ3) is 4.47. The fraction of sp³-hybridized carbons (Fsp3) is 0.941. The summed E-state index contributed by atoms with van der Waals surface area (Å²) in [5, 5.41) is 0. The van der Waals surface area contributed by atoms with Crippen LogP contribution in [0.3, 0.4) is 0 Å². The molecule has 0 radical (unpaired) electrons. The topological polar surface area (TPSA) is 46.3 Å². The van der Waals surface area contributed by atoms with Crippen LogP contribution in [0.5, 0.6) is 0 Å². The van der Waals surface area contributed by atoms with Gasteiger partial charge in [0.15, 0.2) is 0 Å². The second-order valence-electron chi connectivity index (χ2n) is 6.82. The van der Waals surface area contributed by atoms with Crippen molar-refractivity contribution >= 4 is 5.91 Å². The van der Waals surface area contributed by atoms with Gasteiger partial charge in [-0.2, -0.15) is 0 Å². The van der Waals surface area contributed by atoms with Crippen LogP contribution in [0.4, 0.5) is 0 Å². The van der Waals surface area contributed by atoms with Crippen LogP contribution in [0.15, 0.2) is 0 Å². The number of rotatable bonds is 4. The highest BCUT2D eigenvalue weighted by Crippen LogP contribution is 2.28. The van der Waals surface area contributed by atoms with Gasteiger partial charge < -0.3 is 10.6 Å². The summed E-state index contributed by atoms with van der Waals surface area (Å²) in [6.45, 7) is 3.21. The minimum Gasteiger partial charge on any atom is -0.340 e. The second-order valence-corrected chi connectivity index (χ2v) is 6.82. The van der Waals surface area contributed by atoms with Crippen molar-refractivity contribution in [1.29, 1.82) is 0 Å².